The Hall–Kier alpha value is -2.95. The highest BCUT2D eigenvalue weighted by molar-refractivity contribution is 5.89. The minimum absolute atomic E-state index is 0.0254. The fraction of sp³-hybridized carbons (Fsp3) is 0.560. The normalized spacial score (nSPS) is 32.0. The van der Waals surface area contributed by atoms with Gasteiger partial charge in [-0.2, -0.15) is 0 Å². The fourth-order valence-corrected chi connectivity index (χ4v) is 6.32. The number of carbonyl (C=O) groups is 3. The Bertz CT molecular complexity index is 1150. The summed E-state index contributed by atoms with van der Waals surface area (Å²) in [6, 6.07) is 2.24. The average molecular weight is 487 g/mol. The molecule has 6 atom stereocenters. The van der Waals surface area contributed by atoms with Crippen LogP contribution in [-0.4, -0.2) is 81.4 Å². The maximum absolute atomic E-state index is 12.9. The first-order valence-corrected chi connectivity index (χ1v) is 11.8. The smallest absolute Gasteiger partial charge is 0.333 e. The number of nitrogens with zero attached hydrogens (tertiary/aromatic N) is 1. The van der Waals surface area contributed by atoms with Crippen LogP contribution in [0.15, 0.2) is 24.0 Å². The molecule has 2 aliphatic carbocycles. The quantitative estimate of drug-likeness (QED) is 0.410. The second-order valence-corrected chi connectivity index (χ2v) is 10.1. The van der Waals surface area contributed by atoms with E-state index >= 15 is 0 Å². The Kier molecular flexibility index (Phi) is 5.46. The molecule has 188 valence electrons. The van der Waals surface area contributed by atoms with Crippen LogP contribution in [0.5, 0.6) is 11.5 Å². The van der Waals surface area contributed by atoms with Gasteiger partial charge in [-0.3, -0.25) is 9.59 Å². The summed E-state index contributed by atoms with van der Waals surface area (Å²) < 4.78 is 11.9. The number of aliphatic hydroxyl groups is 2. The van der Waals surface area contributed by atoms with Crippen LogP contribution in [0.25, 0.3) is 0 Å². The lowest BCUT2D eigenvalue weighted by Crippen LogP contribution is -2.74. The number of carbonyl (C=O) groups excluding carboxylic acids is 3. The zero-order chi connectivity index (χ0) is 25.3. The second-order valence-electron chi connectivity index (χ2n) is 10.1. The number of piperidine rings is 1. The number of likely N-dealkylation sites (tertiary alicyclic amines) is 1. The van der Waals surface area contributed by atoms with Gasteiger partial charge in [0.05, 0.1) is 17.4 Å². The molecule has 35 heavy (non-hydrogen) atoms. The Balaban J connectivity index is 1.42. The van der Waals surface area contributed by atoms with Gasteiger partial charge in [-0.1, -0.05) is 6.07 Å². The van der Waals surface area contributed by atoms with E-state index in [-0.39, 0.29) is 24.0 Å². The molecule has 1 aromatic carbocycles. The highest BCUT2D eigenvalue weighted by Crippen LogP contribution is 2.65. The number of Topliss-reactive ketones (excluding diaryl/α,β-unsaturated/α-hetero) is 1. The molecule has 5 rings (SSSR count). The number of likely N-dealkylation sites (N-methyl/N-ethyl adjacent to an activating group) is 1. The molecular weight excluding hydrogens is 456 g/mol. The number of phenols is 1. The summed E-state index contributed by atoms with van der Waals surface area (Å²) in [5.41, 5.74) is -0.266. The van der Waals surface area contributed by atoms with Gasteiger partial charge in [-0.25, -0.2) is 4.79 Å². The molecule has 10 heteroatoms. The topological polar surface area (TPSA) is 146 Å². The predicted molar refractivity (Wildman–Crippen MR) is 122 cm³/mol. The van der Waals surface area contributed by atoms with E-state index < -0.39 is 53.3 Å². The molecule has 1 aromatic rings. The van der Waals surface area contributed by atoms with Crippen molar-refractivity contribution in [3.8, 4) is 11.5 Å². The first-order valence-electron chi connectivity index (χ1n) is 11.8. The first kappa shape index (κ1) is 23.8. The zero-order valence-corrected chi connectivity index (χ0v) is 19.9. The lowest BCUT2D eigenvalue weighted by molar-refractivity contribution is -0.170. The van der Waals surface area contributed by atoms with Crippen molar-refractivity contribution in [2.75, 3.05) is 13.6 Å². The standard InChI is InChI=1S/C25H30N2O8/c1-12(26-19(31)11-16(30)13(2)28)23(32)34-17-6-7-25(33)18-10-14-4-5-15(29)21-20(14)24(25,22(17)35-21)8-9-27(18)3/h4-6,12,16,18,22,29-30,33H,7-11H2,1-3H3,(H,26,31)/t12-,16-,18+,22-,24-,25+/m0/s1. The number of nitrogens with one attached hydrogen (secondary N) is 1. The van der Waals surface area contributed by atoms with Gasteiger partial charge in [0.1, 0.15) is 17.9 Å². The highest BCUT2D eigenvalue weighted by Gasteiger charge is 2.72. The third-order valence-corrected chi connectivity index (χ3v) is 8.15. The number of aromatic hydroxyl groups is 1. The third kappa shape index (κ3) is 3.30. The van der Waals surface area contributed by atoms with Crippen LogP contribution in [0, 0.1) is 0 Å². The van der Waals surface area contributed by atoms with Crippen molar-refractivity contribution >= 4 is 17.7 Å². The van der Waals surface area contributed by atoms with Crippen LogP contribution >= 0.6 is 0 Å². The third-order valence-electron chi connectivity index (χ3n) is 8.15. The summed E-state index contributed by atoms with van der Waals surface area (Å²) in [6.45, 7) is 3.32. The minimum atomic E-state index is -1.44. The van der Waals surface area contributed by atoms with Gasteiger partial charge in [-0.05, 0) is 58.0 Å². The van der Waals surface area contributed by atoms with Gasteiger partial charge in [0, 0.05) is 18.0 Å². The van der Waals surface area contributed by atoms with E-state index in [1.165, 1.54) is 13.8 Å². The van der Waals surface area contributed by atoms with E-state index in [0.717, 1.165) is 11.1 Å². The number of hydrogen-bond acceptors (Lipinski definition) is 9. The first-order chi connectivity index (χ1) is 16.5. The van der Waals surface area contributed by atoms with Gasteiger partial charge >= 0.3 is 5.97 Å². The maximum atomic E-state index is 12.9. The zero-order valence-electron chi connectivity index (χ0n) is 19.9. The summed E-state index contributed by atoms with van der Waals surface area (Å²) >= 11 is 0. The van der Waals surface area contributed by atoms with Crippen LogP contribution in [0.3, 0.4) is 0 Å². The van der Waals surface area contributed by atoms with Gasteiger partial charge < -0.3 is 35.0 Å². The number of hydrogen-bond donors (Lipinski definition) is 4. The van der Waals surface area contributed by atoms with Crippen LogP contribution < -0.4 is 10.1 Å². The lowest BCUT2D eigenvalue weighted by atomic mass is 9.50. The number of aliphatic hydroxyl groups excluding tert-OH is 1. The lowest BCUT2D eigenvalue weighted by Gasteiger charge is -2.61. The molecule has 0 aromatic heterocycles. The number of ketones is 1. The van der Waals surface area contributed by atoms with Gasteiger partial charge in [-0.15, -0.1) is 0 Å². The number of amides is 1. The number of ether oxygens (including phenoxy) is 2. The van der Waals surface area contributed by atoms with Crippen molar-refractivity contribution in [2.45, 2.75) is 74.8 Å². The molecule has 2 heterocycles. The molecule has 4 aliphatic rings. The van der Waals surface area contributed by atoms with Crippen LogP contribution in [0.1, 0.15) is 44.2 Å². The van der Waals surface area contributed by atoms with Crippen LogP contribution in [-0.2, 0) is 31.0 Å². The number of esters is 1. The van der Waals surface area contributed by atoms with Crippen LogP contribution in [0.4, 0.5) is 0 Å². The van der Waals surface area contributed by atoms with E-state index in [4.69, 9.17) is 9.47 Å². The van der Waals surface area contributed by atoms with E-state index in [9.17, 15) is 29.7 Å². The Morgan fingerprint density at radius 2 is 2.09 bits per heavy atom. The van der Waals surface area contributed by atoms with Crippen molar-refractivity contribution in [2.24, 2.45) is 0 Å². The molecule has 0 saturated carbocycles. The van der Waals surface area contributed by atoms with Gasteiger partial charge in [0.2, 0.25) is 5.91 Å². The molecular formula is C25H30N2O8. The Morgan fingerprint density at radius 1 is 1.34 bits per heavy atom. The Labute approximate surface area is 202 Å². The van der Waals surface area contributed by atoms with E-state index in [1.807, 2.05) is 13.1 Å². The molecule has 1 fully saturated rings. The van der Waals surface area contributed by atoms with Crippen molar-refractivity contribution in [3.05, 3.63) is 35.1 Å². The minimum Gasteiger partial charge on any atom is -0.504 e. The number of benzene rings is 1. The molecule has 4 N–H and O–H groups in total. The molecule has 2 bridgehead atoms. The summed E-state index contributed by atoms with van der Waals surface area (Å²) in [7, 11) is 1.99. The average Bonchev–Trinajstić information content (AvgIpc) is 3.15. The predicted octanol–water partition coefficient (Wildman–Crippen LogP) is 0.0578. The van der Waals surface area contributed by atoms with Crippen molar-refractivity contribution in [1.82, 2.24) is 10.2 Å². The molecule has 2 aliphatic heterocycles. The van der Waals surface area contributed by atoms with Crippen molar-refractivity contribution in [3.63, 3.8) is 0 Å². The van der Waals surface area contributed by atoms with Gasteiger partial charge in [0.25, 0.3) is 0 Å². The van der Waals surface area contributed by atoms with E-state index in [2.05, 4.69) is 10.2 Å². The SMILES string of the molecule is CC(=O)[C@@H](O)CC(=O)N[C@@H](C)C(=O)OC1=CC[C@@]2(O)[C@H]3Cc4ccc(O)c5c4[C@@]2(CCN3C)[C@H]1O5. The van der Waals surface area contributed by atoms with E-state index in [1.54, 1.807) is 12.1 Å². The number of rotatable bonds is 6. The van der Waals surface area contributed by atoms with Gasteiger partial charge in [0.15, 0.2) is 23.4 Å². The summed E-state index contributed by atoms with van der Waals surface area (Å²) in [4.78, 5) is 38.3. The fourth-order valence-electron chi connectivity index (χ4n) is 6.32. The van der Waals surface area contributed by atoms with Crippen molar-refractivity contribution < 1.29 is 39.2 Å². The second kappa shape index (κ2) is 8.04. The van der Waals surface area contributed by atoms with E-state index in [0.29, 0.717) is 25.1 Å². The maximum Gasteiger partial charge on any atom is 0.333 e. The monoisotopic (exact) mass is 486 g/mol. The summed E-state index contributed by atoms with van der Waals surface area (Å²) in [6.07, 6.45) is 0.363. The molecule has 1 spiro atoms. The molecule has 0 radical (unpaired) electrons. The summed E-state index contributed by atoms with van der Waals surface area (Å²) in [5.74, 6) is -1.42. The largest absolute Gasteiger partial charge is 0.504 e. The van der Waals surface area contributed by atoms with Crippen molar-refractivity contribution in [1.29, 1.82) is 0 Å². The molecule has 1 saturated heterocycles. The molecule has 1 amide bonds. The molecule has 0 unspecified atom stereocenters. The molecule has 10 nitrogen and oxygen atoms in total. The Morgan fingerprint density at radius 3 is 2.80 bits per heavy atom. The summed E-state index contributed by atoms with van der Waals surface area (Å²) in [5, 5.41) is 34.7. The highest BCUT2D eigenvalue weighted by atomic mass is 16.6. The van der Waals surface area contributed by atoms with Crippen LogP contribution in [0.2, 0.25) is 0 Å². The number of phenolic OH excluding ortho intramolecular Hbond substituents is 1.